The first-order valence-corrected chi connectivity index (χ1v) is 8.55. The van der Waals surface area contributed by atoms with Crippen molar-refractivity contribution in [2.24, 2.45) is 11.8 Å². The predicted octanol–water partition coefficient (Wildman–Crippen LogP) is 4.01. The summed E-state index contributed by atoms with van der Waals surface area (Å²) in [5.74, 6) is 1.80. The third-order valence-corrected chi connectivity index (χ3v) is 5.71. The highest BCUT2D eigenvalue weighted by atomic mass is 15.2. The van der Waals surface area contributed by atoms with Crippen LogP contribution in [0.25, 0.3) is 0 Å². The minimum Gasteiger partial charge on any atom is -0.299 e. The summed E-state index contributed by atoms with van der Waals surface area (Å²) >= 11 is 0. The van der Waals surface area contributed by atoms with Crippen molar-refractivity contribution >= 4 is 0 Å². The van der Waals surface area contributed by atoms with E-state index in [2.05, 4.69) is 58.4 Å². The van der Waals surface area contributed by atoms with E-state index in [4.69, 9.17) is 0 Å². The van der Waals surface area contributed by atoms with Gasteiger partial charge in [-0.2, -0.15) is 0 Å². The summed E-state index contributed by atoms with van der Waals surface area (Å²) < 4.78 is 0. The average Bonchev–Trinajstić information content (AvgIpc) is 2.56. The Kier molecular flexibility index (Phi) is 4.57. The van der Waals surface area contributed by atoms with Crippen LogP contribution in [0, 0.1) is 11.8 Å². The lowest BCUT2D eigenvalue weighted by atomic mass is 9.89. The van der Waals surface area contributed by atoms with Crippen LogP contribution in [0.15, 0.2) is 0 Å². The molecular formula is C18H36N2. The standard InChI is InChI=1S/C18H36N2/c1-17(2,3)19(7)16-10-14-8-9-15(11-16)13-20(12-14)18(4,5)6/h14-16H,8-13H2,1-7H3. The molecule has 1 saturated carbocycles. The highest BCUT2D eigenvalue weighted by molar-refractivity contribution is 4.93. The molecule has 1 heterocycles. The lowest BCUT2D eigenvalue weighted by Gasteiger charge is -2.45. The second kappa shape index (κ2) is 5.61. The van der Waals surface area contributed by atoms with Gasteiger partial charge in [0.15, 0.2) is 0 Å². The van der Waals surface area contributed by atoms with E-state index in [1.807, 2.05) is 0 Å². The van der Waals surface area contributed by atoms with Crippen molar-refractivity contribution in [1.29, 1.82) is 0 Å². The monoisotopic (exact) mass is 280 g/mol. The molecule has 2 heteroatoms. The fourth-order valence-electron chi connectivity index (χ4n) is 4.01. The number of rotatable bonds is 1. The lowest BCUT2D eigenvalue weighted by Crippen LogP contribution is -2.51. The van der Waals surface area contributed by atoms with Gasteiger partial charge in [0.25, 0.3) is 0 Å². The molecule has 2 rings (SSSR count). The highest BCUT2D eigenvalue weighted by Gasteiger charge is 2.38. The van der Waals surface area contributed by atoms with Gasteiger partial charge in [-0.25, -0.2) is 0 Å². The first-order chi connectivity index (χ1) is 9.07. The Labute approximate surface area is 126 Å². The second-order valence-electron chi connectivity index (χ2n) is 9.29. The lowest BCUT2D eigenvalue weighted by molar-refractivity contribution is 0.0430. The van der Waals surface area contributed by atoms with Crippen molar-refractivity contribution in [2.45, 2.75) is 84.3 Å². The Morgan fingerprint density at radius 2 is 1.30 bits per heavy atom. The summed E-state index contributed by atoms with van der Waals surface area (Å²) in [5.41, 5.74) is 0.636. The van der Waals surface area contributed by atoms with Gasteiger partial charge in [-0.3, -0.25) is 9.80 Å². The number of hydrogen-bond acceptors (Lipinski definition) is 2. The van der Waals surface area contributed by atoms with Crippen LogP contribution in [-0.2, 0) is 0 Å². The van der Waals surface area contributed by atoms with E-state index >= 15 is 0 Å². The van der Waals surface area contributed by atoms with Crippen LogP contribution in [0.1, 0.15) is 67.2 Å². The molecule has 0 aromatic rings. The van der Waals surface area contributed by atoms with E-state index in [0.717, 1.165) is 17.9 Å². The summed E-state index contributed by atoms with van der Waals surface area (Å²) in [4.78, 5) is 5.40. The molecule has 2 aliphatic rings. The smallest absolute Gasteiger partial charge is 0.0125 e. The third-order valence-electron chi connectivity index (χ3n) is 5.71. The normalized spacial score (nSPS) is 33.3. The minimum absolute atomic E-state index is 0.299. The van der Waals surface area contributed by atoms with E-state index in [1.165, 1.54) is 38.8 Å². The van der Waals surface area contributed by atoms with E-state index in [9.17, 15) is 0 Å². The maximum absolute atomic E-state index is 2.75. The molecular weight excluding hydrogens is 244 g/mol. The molecule has 1 aliphatic carbocycles. The van der Waals surface area contributed by atoms with E-state index < -0.39 is 0 Å². The van der Waals surface area contributed by atoms with Crippen molar-refractivity contribution in [3.63, 3.8) is 0 Å². The third kappa shape index (κ3) is 3.76. The summed E-state index contributed by atoms with van der Waals surface area (Å²) in [5, 5.41) is 0. The van der Waals surface area contributed by atoms with Crippen molar-refractivity contribution in [3.8, 4) is 0 Å². The molecule has 0 spiro atoms. The maximum Gasteiger partial charge on any atom is 0.0125 e. The molecule has 2 atom stereocenters. The van der Waals surface area contributed by atoms with Crippen LogP contribution < -0.4 is 0 Å². The van der Waals surface area contributed by atoms with Crippen LogP contribution >= 0.6 is 0 Å². The van der Waals surface area contributed by atoms with Gasteiger partial charge < -0.3 is 0 Å². The highest BCUT2D eigenvalue weighted by Crippen LogP contribution is 2.37. The topological polar surface area (TPSA) is 6.48 Å². The van der Waals surface area contributed by atoms with Gasteiger partial charge in [-0.1, -0.05) is 0 Å². The molecule has 0 aromatic heterocycles. The number of likely N-dealkylation sites (tertiary alicyclic amines) is 1. The fraction of sp³-hybridized carbons (Fsp3) is 1.00. The molecule has 1 aliphatic heterocycles. The summed E-state index contributed by atoms with van der Waals surface area (Å²) in [6, 6.07) is 0.787. The molecule has 2 fully saturated rings. The Bertz CT molecular complexity index is 307. The average molecular weight is 280 g/mol. The van der Waals surface area contributed by atoms with E-state index in [1.54, 1.807) is 0 Å². The first kappa shape index (κ1) is 16.3. The summed E-state index contributed by atoms with van der Waals surface area (Å²) in [6.45, 7) is 16.8. The van der Waals surface area contributed by atoms with Gasteiger partial charge >= 0.3 is 0 Å². The van der Waals surface area contributed by atoms with Crippen LogP contribution in [0.2, 0.25) is 0 Å². The molecule has 20 heavy (non-hydrogen) atoms. The molecule has 0 N–H and O–H groups in total. The largest absolute Gasteiger partial charge is 0.299 e. The van der Waals surface area contributed by atoms with E-state index in [0.29, 0.717) is 11.1 Å². The minimum atomic E-state index is 0.299. The number of hydrogen-bond donors (Lipinski definition) is 0. The molecule has 0 radical (unpaired) electrons. The number of nitrogens with zero attached hydrogens (tertiary/aromatic N) is 2. The van der Waals surface area contributed by atoms with E-state index in [-0.39, 0.29) is 0 Å². The molecule has 2 nitrogen and oxygen atoms in total. The number of fused-ring (bicyclic) bond motifs is 3. The Morgan fingerprint density at radius 1 is 0.850 bits per heavy atom. The van der Waals surface area contributed by atoms with Gasteiger partial charge in [0.05, 0.1) is 0 Å². The molecule has 0 aromatic carbocycles. The van der Waals surface area contributed by atoms with Gasteiger partial charge in [0, 0.05) is 30.2 Å². The second-order valence-corrected chi connectivity index (χ2v) is 9.29. The predicted molar refractivity (Wildman–Crippen MR) is 88.1 cm³/mol. The Morgan fingerprint density at radius 3 is 1.65 bits per heavy atom. The summed E-state index contributed by atoms with van der Waals surface area (Å²) in [7, 11) is 2.34. The van der Waals surface area contributed by atoms with Gasteiger partial charge in [0.1, 0.15) is 0 Å². The molecule has 0 amide bonds. The molecule has 2 unspecified atom stereocenters. The van der Waals surface area contributed by atoms with Crippen molar-refractivity contribution in [3.05, 3.63) is 0 Å². The van der Waals surface area contributed by atoms with Crippen LogP contribution in [0.4, 0.5) is 0 Å². The van der Waals surface area contributed by atoms with Gasteiger partial charge in [0.2, 0.25) is 0 Å². The van der Waals surface area contributed by atoms with Crippen LogP contribution in [0.3, 0.4) is 0 Å². The SMILES string of the molecule is CN(C1CC2CCC(C1)CN(C(C)(C)C)C2)C(C)(C)C. The van der Waals surface area contributed by atoms with Crippen molar-refractivity contribution < 1.29 is 0 Å². The zero-order valence-corrected chi connectivity index (χ0v) is 14.9. The van der Waals surface area contributed by atoms with Crippen LogP contribution in [0.5, 0.6) is 0 Å². The van der Waals surface area contributed by atoms with Crippen molar-refractivity contribution in [1.82, 2.24) is 9.80 Å². The fourth-order valence-corrected chi connectivity index (χ4v) is 4.01. The maximum atomic E-state index is 2.75. The zero-order valence-electron chi connectivity index (χ0n) is 14.9. The van der Waals surface area contributed by atoms with Crippen molar-refractivity contribution in [2.75, 3.05) is 20.1 Å². The zero-order chi connectivity index (χ0) is 15.1. The Hall–Kier alpha value is -0.0800. The Balaban J connectivity index is 2.10. The van der Waals surface area contributed by atoms with Crippen LogP contribution in [-0.4, -0.2) is 47.1 Å². The first-order valence-electron chi connectivity index (χ1n) is 8.55. The van der Waals surface area contributed by atoms with Gasteiger partial charge in [-0.15, -0.1) is 0 Å². The molecule has 2 bridgehead atoms. The van der Waals surface area contributed by atoms with Gasteiger partial charge in [-0.05, 0) is 86.1 Å². The quantitative estimate of drug-likeness (QED) is 0.716. The molecule has 118 valence electrons. The molecule has 1 saturated heterocycles. The summed E-state index contributed by atoms with van der Waals surface area (Å²) in [6.07, 6.45) is 5.70.